The number of nitrogens with one attached hydrogen (secondary N) is 1. The van der Waals surface area contributed by atoms with Crippen LogP contribution in [0.2, 0.25) is 4.71 Å². The van der Waals surface area contributed by atoms with E-state index in [4.69, 9.17) is 4.74 Å². The number of hydrogen-bond donors (Lipinski definition) is 1. The number of rotatable bonds is 6. The van der Waals surface area contributed by atoms with Crippen molar-refractivity contribution in [1.29, 1.82) is 0 Å². The Bertz CT molecular complexity index is 457. The second kappa shape index (κ2) is 8.11. The van der Waals surface area contributed by atoms with Gasteiger partial charge in [0.15, 0.2) is 0 Å². The zero-order chi connectivity index (χ0) is 15.1. The van der Waals surface area contributed by atoms with Crippen molar-refractivity contribution in [2.75, 3.05) is 11.9 Å². The van der Waals surface area contributed by atoms with Crippen LogP contribution in [0.5, 0.6) is 0 Å². The van der Waals surface area contributed by atoms with Gasteiger partial charge in [0.1, 0.15) is 0 Å². The SMILES string of the molecule is CCOC(=O)c1ccc(NC(=O)[C@@H]([AsH2])CC(C)C)cc1. The van der Waals surface area contributed by atoms with Crippen molar-refractivity contribution in [3.8, 4) is 0 Å². The van der Waals surface area contributed by atoms with Crippen LogP contribution in [0, 0.1) is 5.92 Å². The van der Waals surface area contributed by atoms with Crippen LogP contribution < -0.4 is 5.32 Å². The molecule has 0 saturated carbocycles. The fourth-order valence-corrected chi connectivity index (χ4v) is 3.07. The molecule has 2 atom stereocenters. The molecule has 20 heavy (non-hydrogen) atoms. The molecule has 0 aliphatic carbocycles. The van der Waals surface area contributed by atoms with E-state index in [9.17, 15) is 9.59 Å². The average Bonchev–Trinajstić information content (AvgIpc) is 2.39. The van der Waals surface area contributed by atoms with Gasteiger partial charge >= 0.3 is 128 Å². The molecular weight excluding hydrogens is 317 g/mol. The normalized spacial score (nSPS) is 12.1. The van der Waals surface area contributed by atoms with E-state index in [1.54, 1.807) is 31.2 Å². The molecule has 110 valence electrons. The summed E-state index contributed by atoms with van der Waals surface area (Å²) < 4.78 is 4.94. The standard InChI is InChI=1S/C15H22AsNO3/c1-4-20-15(19)11-5-7-12(8-6-11)17-14(18)13(16)9-10(2)3/h5-8,10,13H,4,9,16H2,1-3H3,(H,17,18)/t13-/m0/s1. The van der Waals surface area contributed by atoms with Gasteiger partial charge in [0, 0.05) is 0 Å². The summed E-state index contributed by atoms with van der Waals surface area (Å²) in [7, 11) is 0. The number of carbonyl (C=O) groups is 2. The summed E-state index contributed by atoms with van der Waals surface area (Å²) in [5, 5.41) is 2.87. The molecular formula is C15H22AsNO3. The summed E-state index contributed by atoms with van der Waals surface area (Å²) in [5.74, 6) is 0.188. The molecule has 0 saturated heterocycles. The minimum atomic E-state index is -0.345. The molecule has 0 aliphatic rings. The van der Waals surface area contributed by atoms with Gasteiger partial charge in [-0.05, 0) is 0 Å². The molecule has 1 unspecified atom stereocenters. The molecule has 0 fully saturated rings. The Labute approximate surface area is 128 Å². The molecule has 0 aliphatic heterocycles. The Hall–Kier alpha value is -1.28. The summed E-state index contributed by atoms with van der Waals surface area (Å²) in [6.07, 6.45) is 0.882. The van der Waals surface area contributed by atoms with Crippen LogP contribution in [0.4, 0.5) is 5.69 Å². The van der Waals surface area contributed by atoms with E-state index >= 15 is 0 Å². The fourth-order valence-electron chi connectivity index (χ4n) is 1.75. The molecule has 5 heteroatoms. The van der Waals surface area contributed by atoms with Crippen LogP contribution in [0.3, 0.4) is 0 Å². The van der Waals surface area contributed by atoms with Crippen molar-refractivity contribution in [2.45, 2.75) is 31.9 Å². The first-order valence-corrected chi connectivity index (χ1v) is 8.17. The first-order chi connectivity index (χ1) is 9.43. The van der Waals surface area contributed by atoms with Crippen molar-refractivity contribution in [3.63, 3.8) is 0 Å². The van der Waals surface area contributed by atoms with Crippen LogP contribution in [0.15, 0.2) is 24.3 Å². The van der Waals surface area contributed by atoms with Gasteiger partial charge in [-0.25, -0.2) is 0 Å². The Balaban J connectivity index is 2.61. The van der Waals surface area contributed by atoms with Gasteiger partial charge in [-0.3, -0.25) is 0 Å². The number of esters is 1. The molecule has 1 aromatic rings. The topological polar surface area (TPSA) is 55.4 Å². The summed E-state index contributed by atoms with van der Waals surface area (Å²) in [5.41, 5.74) is 1.19. The van der Waals surface area contributed by atoms with Gasteiger partial charge in [-0.15, -0.1) is 0 Å². The predicted octanol–water partition coefficient (Wildman–Crippen LogP) is 2.27. The molecule has 0 bridgehead atoms. The van der Waals surface area contributed by atoms with Gasteiger partial charge in [-0.1, -0.05) is 0 Å². The monoisotopic (exact) mass is 339 g/mol. The predicted molar refractivity (Wildman–Crippen MR) is 82.8 cm³/mol. The molecule has 1 N–H and O–H groups in total. The zero-order valence-corrected chi connectivity index (χ0v) is 14.6. The van der Waals surface area contributed by atoms with Crippen molar-refractivity contribution in [2.24, 2.45) is 5.92 Å². The van der Waals surface area contributed by atoms with Gasteiger partial charge in [-0.2, -0.15) is 0 Å². The molecule has 0 radical (unpaired) electrons. The van der Waals surface area contributed by atoms with E-state index in [1.165, 1.54) is 16.9 Å². The molecule has 0 spiro atoms. The fraction of sp³-hybridized carbons (Fsp3) is 0.467. The number of ether oxygens (including phenoxy) is 1. The van der Waals surface area contributed by atoms with Crippen LogP contribution in [-0.2, 0) is 9.53 Å². The number of amides is 1. The maximum atomic E-state index is 12.0. The summed E-state index contributed by atoms with van der Waals surface area (Å²) in [4.78, 5) is 23.5. The van der Waals surface area contributed by atoms with E-state index in [1.807, 2.05) is 0 Å². The maximum absolute atomic E-state index is 12.0. The zero-order valence-electron chi connectivity index (χ0n) is 12.2. The Morgan fingerprint density at radius 1 is 1.25 bits per heavy atom. The Morgan fingerprint density at radius 2 is 1.85 bits per heavy atom. The molecule has 1 amide bonds. The van der Waals surface area contributed by atoms with Gasteiger partial charge in [0.05, 0.1) is 0 Å². The Morgan fingerprint density at radius 3 is 2.35 bits per heavy atom. The second-order valence-electron chi connectivity index (χ2n) is 5.02. The number of carbonyl (C=O) groups excluding carboxylic acids is 2. The summed E-state index contributed by atoms with van der Waals surface area (Å²) >= 11 is 1.43. The van der Waals surface area contributed by atoms with Gasteiger partial charge < -0.3 is 0 Å². The van der Waals surface area contributed by atoms with E-state index < -0.39 is 0 Å². The number of anilines is 1. The van der Waals surface area contributed by atoms with E-state index in [0.717, 1.165) is 6.42 Å². The average molecular weight is 339 g/mol. The van der Waals surface area contributed by atoms with Crippen LogP contribution in [0.1, 0.15) is 37.6 Å². The minimum absolute atomic E-state index is 0.0302. The first-order valence-electron chi connectivity index (χ1n) is 6.77. The number of hydrogen-bond acceptors (Lipinski definition) is 3. The van der Waals surface area contributed by atoms with Crippen LogP contribution in [0.25, 0.3) is 0 Å². The third-order valence-corrected chi connectivity index (χ3v) is 3.93. The van der Waals surface area contributed by atoms with Gasteiger partial charge in [0.2, 0.25) is 0 Å². The van der Waals surface area contributed by atoms with E-state index in [-0.39, 0.29) is 16.6 Å². The Kier molecular flexibility index (Phi) is 6.80. The van der Waals surface area contributed by atoms with Crippen molar-refractivity contribution in [3.05, 3.63) is 29.8 Å². The van der Waals surface area contributed by atoms with Crippen molar-refractivity contribution >= 4 is 34.4 Å². The van der Waals surface area contributed by atoms with E-state index in [2.05, 4.69) is 19.2 Å². The van der Waals surface area contributed by atoms with Crippen LogP contribution >= 0.6 is 0 Å². The van der Waals surface area contributed by atoms with Crippen molar-refractivity contribution < 1.29 is 14.3 Å². The summed E-state index contributed by atoms with van der Waals surface area (Å²) in [6.45, 7) is 6.33. The first kappa shape index (κ1) is 16.8. The molecule has 1 rings (SSSR count). The third-order valence-electron chi connectivity index (χ3n) is 2.73. The van der Waals surface area contributed by atoms with Crippen LogP contribution in [-0.4, -0.2) is 35.3 Å². The van der Waals surface area contributed by atoms with Gasteiger partial charge in [0.25, 0.3) is 0 Å². The molecule has 0 aromatic heterocycles. The van der Waals surface area contributed by atoms with Crippen molar-refractivity contribution in [1.82, 2.24) is 0 Å². The van der Waals surface area contributed by atoms with E-state index in [0.29, 0.717) is 23.8 Å². The second-order valence-corrected chi connectivity index (χ2v) is 6.71. The quantitative estimate of drug-likeness (QED) is 0.639. The number of benzene rings is 1. The molecule has 1 aromatic carbocycles. The summed E-state index contributed by atoms with van der Waals surface area (Å²) in [6, 6.07) is 6.76. The molecule has 0 heterocycles. The third kappa shape index (κ3) is 5.38. The molecule has 4 nitrogen and oxygen atoms in total.